The number of halogens is 4. The van der Waals surface area contributed by atoms with Crippen LogP contribution in [-0.4, -0.2) is 51.8 Å². The molecule has 138 valence electrons. The van der Waals surface area contributed by atoms with Gasteiger partial charge in [0.05, 0.1) is 18.2 Å². The van der Waals surface area contributed by atoms with E-state index in [9.17, 15) is 26.0 Å². The molecule has 0 aliphatic carbocycles. The second-order valence-corrected chi connectivity index (χ2v) is 8.21. The Morgan fingerprint density at radius 2 is 2.04 bits per heavy atom. The van der Waals surface area contributed by atoms with E-state index < -0.39 is 34.6 Å². The van der Waals surface area contributed by atoms with Crippen molar-refractivity contribution in [2.75, 3.05) is 25.5 Å². The highest BCUT2D eigenvalue weighted by Crippen LogP contribution is 2.43. The number of sulfone groups is 1. The first-order valence-corrected chi connectivity index (χ1v) is 9.36. The summed E-state index contributed by atoms with van der Waals surface area (Å²) in [4.78, 5) is 1.64. The normalized spacial score (nSPS) is 26.2. The lowest BCUT2D eigenvalue weighted by Crippen LogP contribution is -2.46. The van der Waals surface area contributed by atoms with Crippen LogP contribution in [0.25, 0.3) is 5.57 Å². The molecule has 0 aromatic heterocycles. The van der Waals surface area contributed by atoms with Crippen LogP contribution in [-0.2, 0) is 9.84 Å². The van der Waals surface area contributed by atoms with Crippen molar-refractivity contribution in [2.45, 2.75) is 36.1 Å². The van der Waals surface area contributed by atoms with Gasteiger partial charge in [0.15, 0.2) is 0 Å². The lowest BCUT2D eigenvalue weighted by molar-refractivity contribution is -0.122. The van der Waals surface area contributed by atoms with Crippen LogP contribution in [0.4, 0.5) is 23.2 Å². The van der Waals surface area contributed by atoms with Crippen LogP contribution in [0.1, 0.15) is 18.4 Å². The molecule has 9 heteroatoms. The van der Waals surface area contributed by atoms with E-state index in [0.717, 1.165) is 0 Å². The van der Waals surface area contributed by atoms with Crippen molar-refractivity contribution in [3.8, 4) is 0 Å². The summed E-state index contributed by atoms with van der Waals surface area (Å²) >= 11 is 0. The van der Waals surface area contributed by atoms with Crippen LogP contribution in [0.2, 0.25) is 0 Å². The van der Waals surface area contributed by atoms with Crippen molar-refractivity contribution in [1.29, 1.82) is 0 Å². The van der Waals surface area contributed by atoms with E-state index >= 15 is 0 Å². The third kappa shape index (κ3) is 3.82. The van der Waals surface area contributed by atoms with Crippen LogP contribution in [0, 0.1) is 0 Å². The number of allylic oxidation sites excluding steroid dienone is 1. The van der Waals surface area contributed by atoms with E-state index in [0.29, 0.717) is 18.4 Å². The highest BCUT2D eigenvalue weighted by molar-refractivity contribution is 7.95. The number of anilines is 1. The molecular formula is C16H18F4N2O2S. The number of fused-ring (bicyclic) bond motifs is 1. The van der Waals surface area contributed by atoms with Gasteiger partial charge in [0, 0.05) is 18.5 Å². The molecule has 25 heavy (non-hydrogen) atoms. The zero-order valence-electron chi connectivity index (χ0n) is 13.5. The van der Waals surface area contributed by atoms with Gasteiger partial charge in [0.2, 0.25) is 9.84 Å². The number of rotatable bonds is 3. The van der Waals surface area contributed by atoms with E-state index in [1.165, 1.54) is 18.2 Å². The predicted octanol–water partition coefficient (Wildman–Crippen LogP) is 3.22. The second kappa shape index (κ2) is 6.28. The number of likely N-dealkylation sites (tertiary alicyclic amines) is 1. The van der Waals surface area contributed by atoms with E-state index in [1.54, 1.807) is 7.05 Å². The van der Waals surface area contributed by atoms with E-state index in [4.69, 9.17) is 0 Å². The average molecular weight is 378 g/mol. The number of nitrogens with one attached hydrogen (secondary N) is 1. The highest BCUT2D eigenvalue weighted by atomic mass is 32.2. The summed E-state index contributed by atoms with van der Waals surface area (Å²) in [6, 6.07) is 3.72. The number of piperidine rings is 1. The molecule has 2 aliphatic rings. The molecule has 1 fully saturated rings. The summed E-state index contributed by atoms with van der Waals surface area (Å²) < 4.78 is 77.1. The monoisotopic (exact) mass is 378 g/mol. The van der Waals surface area contributed by atoms with Crippen molar-refractivity contribution in [3.05, 3.63) is 29.2 Å². The van der Waals surface area contributed by atoms with E-state index in [1.807, 2.05) is 4.90 Å². The Bertz CT molecular complexity index is 805. The van der Waals surface area contributed by atoms with Gasteiger partial charge in [0.25, 0.3) is 0 Å². The summed E-state index contributed by atoms with van der Waals surface area (Å²) in [6.45, 7) is 0.869. The van der Waals surface area contributed by atoms with Crippen LogP contribution in [0.15, 0.2) is 28.5 Å². The molecule has 1 N–H and O–H groups in total. The van der Waals surface area contributed by atoms with Crippen molar-refractivity contribution in [2.24, 2.45) is 0 Å². The molecular weight excluding hydrogens is 360 g/mol. The molecule has 3 rings (SSSR count). The fraction of sp³-hybridized carbons (Fsp3) is 0.500. The fourth-order valence-corrected chi connectivity index (χ4v) is 4.93. The minimum atomic E-state index is -4.51. The minimum Gasteiger partial charge on any atom is -0.378 e. The molecule has 0 saturated carbocycles. The minimum absolute atomic E-state index is 0.0330. The molecule has 2 aliphatic heterocycles. The Morgan fingerprint density at radius 1 is 1.32 bits per heavy atom. The number of alkyl halides is 4. The van der Waals surface area contributed by atoms with Gasteiger partial charge >= 0.3 is 6.18 Å². The Balaban J connectivity index is 1.93. The van der Waals surface area contributed by atoms with Gasteiger partial charge in [-0.25, -0.2) is 12.8 Å². The molecule has 1 aromatic carbocycles. The maximum atomic E-state index is 14.2. The number of hydrogen-bond donors (Lipinski definition) is 1. The van der Waals surface area contributed by atoms with Crippen LogP contribution in [0.3, 0.4) is 0 Å². The van der Waals surface area contributed by atoms with Crippen molar-refractivity contribution in [3.63, 3.8) is 0 Å². The lowest BCUT2D eigenvalue weighted by atomic mass is 10.0. The summed E-state index contributed by atoms with van der Waals surface area (Å²) in [5.74, 6) is 0. The first-order valence-electron chi connectivity index (χ1n) is 7.82. The van der Waals surface area contributed by atoms with Gasteiger partial charge in [-0.15, -0.1) is 0 Å². The fourth-order valence-electron chi connectivity index (χ4n) is 3.29. The Hall–Kier alpha value is -1.61. The SMILES string of the molecule is CN1CCC(Nc2cccc3c2S(=O)(=O)C=C3CC(F)(F)F)C(F)C1. The Morgan fingerprint density at radius 3 is 2.68 bits per heavy atom. The quantitative estimate of drug-likeness (QED) is 0.821. The zero-order valence-corrected chi connectivity index (χ0v) is 14.3. The highest BCUT2D eigenvalue weighted by Gasteiger charge is 2.37. The van der Waals surface area contributed by atoms with Gasteiger partial charge in [-0.3, -0.25) is 0 Å². The van der Waals surface area contributed by atoms with Gasteiger partial charge in [0.1, 0.15) is 11.1 Å². The Labute approximate surface area is 143 Å². The topological polar surface area (TPSA) is 49.4 Å². The number of nitrogens with zero attached hydrogens (tertiary/aromatic N) is 1. The van der Waals surface area contributed by atoms with Gasteiger partial charge in [-0.2, -0.15) is 13.2 Å². The Kier molecular flexibility index (Phi) is 4.57. The lowest BCUT2D eigenvalue weighted by Gasteiger charge is -2.33. The summed E-state index contributed by atoms with van der Waals surface area (Å²) in [6.07, 6.45) is -6.54. The molecule has 2 atom stereocenters. The van der Waals surface area contributed by atoms with Gasteiger partial charge in [-0.05, 0) is 30.7 Å². The maximum Gasteiger partial charge on any atom is 0.393 e. The average Bonchev–Trinajstić information content (AvgIpc) is 2.72. The van der Waals surface area contributed by atoms with Gasteiger partial charge < -0.3 is 10.2 Å². The van der Waals surface area contributed by atoms with Crippen molar-refractivity contribution in [1.82, 2.24) is 4.90 Å². The largest absolute Gasteiger partial charge is 0.393 e. The first-order chi connectivity index (χ1) is 11.6. The molecule has 1 aromatic rings. The molecule has 4 nitrogen and oxygen atoms in total. The third-order valence-corrected chi connectivity index (χ3v) is 6.02. The number of benzene rings is 1. The smallest absolute Gasteiger partial charge is 0.378 e. The van der Waals surface area contributed by atoms with Crippen molar-refractivity contribution < 1.29 is 26.0 Å². The van der Waals surface area contributed by atoms with Crippen LogP contribution < -0.4 is 5.32 Å². The van der Waals surface area contributed by atoms with E-state index in [2.05, 4.69) is 5.32 Å². The summed E-state index contributed by atoms with van der Waals surface area (Å²) in [5, 5.41) is 3.56. The maximum absolute atomic E-state index is 14.2. The zero-order chi connectivity index (χ0) is 18.4. The standard InChI is InChI=1S/C16H18F4N2O2S/c1-22-6-5-13(12(17)8-22)21-14-4-2-3-11-10(7-16(18,19)20)9-25(23,24)15(11)14/h2-4,9,12-13,21H,5-8H2,1H3. The molecule has 0 bridgehead atoms. The molecule has 0 amide bonds. The van der Waals surface area contributed by atoms with Crippen LogP contribution in [0.5, 0.6) is 0 Å². The van der Waals surface area contributed by atoms with Crippen molar-refractivity contribution >= 4 is 21.1 Å². The summed E-state index contributed by atoms with van der Waals surface area (Å²) in [7, 11) is -2.20. The third-order valence-electron chi connectivity index (χ3n) is 4.42. The first kappa shape index (κ1) is 18.2. The molecule has 0 radical (unpaired) electrons. The van der Waals surface area contributed by atoms with Gasteiger partial charge in [-0.1, -0.05) is 12.1 Å². The second-order valence-electron chi connectivity index (χ2n) is 6.48. The predicted molar refractivity (Wildman–Crippen MR) is 86.7 cm³/mol. The number of hydrogen-bond acceptors (Lipinski definition) is 4. The molecule has 1 saturated heterocycles. The molecule has 2 heterocycles. The van der Waals surface area contributed by atoms with E-state index in [-0.39, 0.29) is 28.3 Å². The molecule has 0 spiro atoms. The molecule has 2 unspecified atom stereocenters. The summed E-state index contributed by atoms with van der Waals surface area (Å²) in [5.41, 5.74) is -0.0971. The van der Waals surface area contributed by atoms with Crippen LogP contribution >= 0.6 is 0 Å².